The topological polar surface area (TPSA) is 78.9 Å². The molecule has 0 N–H and O–H groups in total. The Morgan fingerprint density at radius 2 is 2.00 bits per heavy atom. The lowest BCUT2D eigenvalue weighted by atomic mass is 9.71. The van der Waals surface area contributed by atoms with Gasteiger partial charge in [0.05, 0.1) is 11.8 Å². The predicted octanol–water partition coefficient (Wildman–Crippen LogP) is 2.77. The second kappa shape index (κ2) is 6.05. The fraction of sp³-hybridized carbons (Fsp3) is 0.833. The van der Waals surface area contributed by atoms with E-state index < -0.39 is 28.7 Å². The first kappa shape index (κ1) is 18.7. The molecule has 6 nitrogen and oxygen atoms in total. The Bertz CT molecular complexity index is 554. The summed E-state index contributed by atoms with van der Waals surface area (Å²) in [7, 11) is 0. The monoisotopic (exact) mass is 340 g/mol. The van der Waals surface area contributed by atoms with Gasteiger partial charge in [0.1, 0.15) is 11.2 Å². The van der Waals surface area contributed by atoms with E-state index >= 15 is 0 Å². The molecule has 136 valence electrons. The van der Waals surface area contributed by atoms with E-state index in [-0.39, 0.29) is 17.8 Å². The highest BCUT2D eigenvalue weighted by Crippen LogP contribution is 2.50. The van der Waals surface area contributed by atoms with Gasteiger partial charge in [-0.15, -0.1) is 0 Å². The highest BCUT2D eigenvalue weighted by atomic mass is 16.6. The van der Waals surface area contributed by atoms with Gasteiger partial charge in [0, 0.05) is 6.42 Å². The molecule has 6 heteroatoms. The molecule has 1 saturated carbocycles. The molecule has 4 unspecified atom stereocenters. The van der Waals surface area contributed by atoms with Crippen molar-refractivity contribution >= 4 is 17.9 Å². The molecule has 24 heavy (non-hydrogen) atoms. The van der Waals surface area contributed by atoms with E-state index in [1.54, 1.807) is 20.8 Å². The van der Waals surface area contributed by atoms with Crippen molar-refractivity contribution in [2.24, 2.45) is 11.8 Å². The molecule has 2 fully saturated rings. The molecule has 0 radical (unpaired) electrons. The second-order valence-electron chi connectivity index (χ2n) is 7.95. The lowest BCUT2D eigenvalue weighted by molar-refractivity contribution is -0.214. The van der Waals surface area contributed by atoms with Crippen molar-refractivity contribution in [3.05, 3.63) is 0 Å². The van der Waals surface area contributed by atoms with Crippen LogP contribution in [0.2, 0.25) is 0 Å². The van der Waals surface area contributed by atoms with Crippen LogP contribution in [0.15, 0.2) is 0 Å². The summed E-state index contributed by atoms with van der Waals surface area (Å²) in [5.74, 6) is -1.66. The number of carbonyl (C=O) groups excluding carboxylic acids is 3. The Balaban J connectivity index is 2.10. The number of rotatable bonds is 5. The molecule has 4 atom stereocenters. The predicted molar refractivity (Wildman–Crippen MR) is 86.0 cm³/mol. The highest BCUT2D eigenvalue weighted by molar-refractivity contribution is 5.84. The van der Waals surface area contributed by atoms with Gasteiger partial charge >= 0.3 is 17.9 Å². The molecule has 1 saturated heterocycles. The van der Waals surface area contributed by atoms with Crippen molar-refractivity contribution in [1.82, 2.24) is 0 Å². The molecule has 0 aromatic carbocycles. The molecular weight excluding hydrogens is 312 g/mol. The number of carbonyl (C=O) groups is 3. The standard InChI is InChI=1S/C18H28O6/c1-7-11(2)13(19)22-16(3,4)15(21)24-17(5)9-8-12-10-18(17,6)23-14(12)20/h11-12H,7-10H2,1-6H3. The average Bonchev–Trinajstić information content (AvgIpc) is 2.75. The molecule has 1 aliphatic heterocycles. The number of fused-ring (bicyclic) bond motifs is 2. The molecule has 1 heterocycles. The Hall–Kier alpha value is -1.59. The first-order valence-corrected chi connectivity index (χ1v) is 8.63. The highest BCUT2D eigenvalue weighted by Gasteiger charge is 2.61. The fourth-order valence-electron chi connectivity index (χ4n) is 3.21. The Kier molecular flexibility index (Phi) is 4.72. The average molecular weight is 340 g/mol. The molecule has 1 aliphatic carbocycles. The van der Waals surface area contributed by atoms with Gasteiger partial charge < -0.3 is 14.2 Å². The lowest BCUT2D eigenvalue weighted by Gasteiger charge is -2.45. The molecular formula is C18H28O6. The molecule has 0 spiro atoms. The molecule has 0 aromatic rings. The van der Waals surface area contributed by atoms with Crippen LogP contribution in [0.4, 0.5) is 0 Å². The number of hydrogen-bond donors (Lipinski definition) is 0. The van der Waals surface area contributed by atoms with Gasteiger partial charge in [0.2, 0.25) is 5.60 Å². The number of esters is 3. The van der Waals surface area contributed by atoms with Crippen LogP contribution in [0.1, 0.15) is 67.2 Å². The van der Waals surface area contributed by atoms with Crippen molar-refractivity contribution in [2.75, 3.05) is 0 Å². The quantitative estimate of drug-likeness (QED) is 0.565. The van der Waals surface area contributed by atoms with Crippen LogP contribution in [-0.4, -0.2) is 34.7 Å². The zero-order valence-corrected chi connectivity index (χ0v) is 15.4. The minimum atomic E-state index is -1.39. The van der Waals surface area contributed by atoms with Gasteiger partial charge in [-0.1, -0.05) is 13.8 Å². The van der Waals surface area contributed by atoms with Crippen molar-refractivity contribution < 1.29 is 28.6 Å². The van der Waals surface area contributed by atoms with Crippen molar-refractivity contribution in [1.29, 1.82) is 0 Å². The third kappa shape index (κ3) is 3.15. The van der Waals surface area contributed by atoms with Crippen LogP contribution in [0.25, 0.3) is 0 Å². The smallest absolute Gasteiger partial charge is 0.350 e. The fourth-order valence-corrected chi connectivity index (χ4v) is 3.21. The van der Waals surface area contributed by atoms with Crippen molar-refractivity contribution in [3.63, 3.8) is 0 Å². The Labute approximate surface area is 143 Å². The summed E-state index contributed by atoms with van der Waals surface area (Å²) >= 11 is 0. The van der Waals surface area contributed by atoms with Gasteiger partial charge in [-0.2, -0.15) is 0 Å². The van der Waals surface area contributed by atoms with Gasteiger partial charge in [-0.25, -0.2) is 4.79 Å². The first-order chi connectivity index (χ1) is 10.9. The minimum absolute atomic E-state index is 0.113. The van der Waals surface area contributed by atoms with E-state index in [2.05, 4.69) is 0 Å². The SMILES string of the molecule is CCC(C)C(=O)OC(C)(C)C(=O)OC1(C)CCC2CC1(C)OC2=O. The summed E-state index contributed by atoms with van der Waals surface area (Å²) in [5.41, 5.74) is -3.15. The minimum Gasteiger partial charge on any atom is -0.455 e. The van der Waals surface area contributed by atoms with Crippen LogP contribution in [0.5, 0.6) is 0 Å². The van der Waals surface area contributed by atoms with Crippen LogP contribution in [-0.2, 0) is 28.6 Å². The first-order valence-electron chi connectivity index (χ1n) is 8.63. The van der Waals surface area contributed by atoms with E-state index in [9.17, 15) is 14.4 Å². The third-order valence-electron chi connectivity index (χ3n) is 5.56. The molecule has 0 aromatic heterocycles. The van der Waals surface area contributed by atoms with E-state index in [0.717, 1.165) is 0 Å². The van der Waals surface area contributed by atoms with Crippen LogP contribution in [0, 0.1) is 11.8 Å². The zero-order valence-electron chi connectivity index (χ0n) is 15.4. The summed E-state index contributed by atoms with van der Waals surface area (Å²) < 4.78 is 16.6. The van der Waals surface area contributed by atoms with E-state index in [1.807, 2.05) is 6.92 Å². The normalized spacial score (nSPS) is 33.6. The van der Waals surface area contributed by atoms with E-state index in [1.165, 1.54) is 13.8 Å². The molecule has 2 aliphatic rings. The molecule has 2 rings (SSSR count). The third-order valence-corrected chi connectivity index (χ3v) is 5.56. The van der Waals surface area contributed by atoms with E-state index in [4.69, 9.17) is 14.2 Å². The van der Waals surface area contributed by atoms with Crippen LogP contribution < -0.4 is 0 Å². The van der Waals surface area contributed by atoms with E-state index in [0.29, 0.717) is 25.7 Å². The summed E-state index contributed by atoms with van der Waals surface area (Å²) in [6, 6.07) is 0. The molecule has 0 amide bonds. The maximum Gasteiger partial charge on any atom is 0.350 e. The number of hydrogen-bond acceptors (Lipinski definition) is 6. The van der Waals surface area contributed by atoms with Gasteiger partial charge in [0.15, 0.2) is 0 Å². The Morgan fingerprint density at radius 3 is 2.58 bits per heavy atom. The summed E-state index contributed by atoms with van der Waals surface area (Å²) in [6.07, 6.45) is 2.35. The van der Waals surface area contributed by atoms with Crippen molar-refractivity contribution in [3.8, 4) is 0 Å². The summed E-state index contributed by atoms with van der Waals surface area (Å²) in [4.78, 5) is 36.5. The van der Waals surface area contributed by atoms with Gasteiger partial charge in [0.25, 0.3) is 0 Å². The zero-order chi connectivity index (χ0) is 18.3. The van der Waals surface area contributed by atoms with Crippen LogP contribution >= 0.6 is 0 Å². The second-order valence-corrected chi connectivity index (χ2v) is 7.95. The largest absolute Gasteiger partial charge is 0.455 e. The molecule has 2 bridgehead atoms. The summed E-state index contributed by atoms with van der Waals surface area (Å²) in [5, 5.41) is 0. The van der Waals surface area contributed by atoms with Crippen LogP contribution in [0.3, 0.4) is 0 Å². The number of ether oxygens (including phenoxy) is 3. The Morgan fingerprint density at radius 1 is 1.38 bits per heavy atom. The summed E-state index contributed by atoms with van der Waals surface area (Å²) in [6.45, 7) is 10.3. The van der Waals surface area contributed by atoms with Crippen molar-refractivity contribution in [2.45, 2.75) is 84.0 Å². The maximum atomic E-state index is 12.6. The van der Waals surface area contributed by atoms with Gasteiger partial charge in [-0.3, -0.25) is 9.59 Å². The maximum absolute atomic E-state index is 12.6. The van der Waals surface area contributed by atoms with Gasteiger partial charge in [-0.05, 0) is 47.0 Å². The lowest BCUT2D eigenvalue weighted by Crippen LogP contribution is -2.56.